The summed E-state index contributed by atoms with van der Waals surface area (Å²) in [5.74, 6) is 0.0756. The molecule has 1 aliphatic carbocycles. The summed E-state index contributed by atoms with van der Waals surface area (Å²) in [6.45, 7) is 8.78. The molecule has 0 aromatic rings. The van der Waals surface area contributed by atoms with Crippen molar-refractivity contribution in [3.8, 4) is 6.07 Å². The van der Waals surface area contributed by atoms with Crippen LogP contribution in [0.15, 0.2) is 0 Å². The molecule has 1 N–H and O–H groups in total. The summed E-state index contributed by atoms with van der Waals surface area (Å²) in [7, 11) is 0. The second-order valence-corrected chi connectivity index (χ2v) is 5.78. The highest BCUT2D eigenvalue weighted by Gasteiger charge is 2.35. The van der Waals surface area contributed by atoms with Crippen molar-refractivity contribution >= 4 is 5.91 Å². The van der Waals surface area contributed by atoms with E-state index in [1.807, 2.05) is 20.8 Å². The average molecular weight is 251 g/mol. The monoisotopic (exact) mass is 251 g/mol. The van der Waals surface area contributed by atoms with Crippen molar-refractivity contribution in [1.29, 1.82) is 5.26 Å². The molecule has 1 atom stereocenters. The Morgan fingerprint density at radius 1 is 1.56 bits per heavy atom. The zero-order valence-electron chi connectivity index (χ0n) is 12.0. The van der Waals surface area contributed by atoms with Crippen LogP contribution in [-0.4, -0.2) is 35.0 Å². The van der Waals surface area contributed by atoms with Crippen molar-refractivity contribution in [2.24, 2.45) is 0 Å². The van der Waals surface area contributed by atoms with Crippen LogP contribution in [0.1, 0.15) is 53.4 Å². The molecule has 0 bridgehead atoms. The summed E-state index contributed by atoms with van der Waals surface area (Å²) in [6.07, 6.45) is 3.71. The summed E-state index contributed by atoms with van der Waals surface area (Å²) >= 11 is 0. The van der Waals surface area contributed by atoms with E-state index in [0.29, 0.717) is 19.0 Å². The standard InChI is InChI=1S/C14H25N3O/c1-5-14(3,4)16-13(18)11(2)17(10-6-9-15)12-7-8-12/h11-12H,5-8,10H2,1-4H3,(H,16,18). The Morgan fingerprint density at radius 3 is 2.61 bits per heavy atom. The van der Waals surface area contributed by atoms with Crippen LogP contribution in [0.2, 0.25) is 0 Å². The van der Waals surface area contributed by atoms with Crippen LogP contribution in [0.3, 0.4) is 0 Å². The van der Waals surface area contributed by atoms with Gasteiger partial charge in [0.15, 0.2) is 0 Å². The van der Waals surface area contributed by atoms with Gasteiger partial charge in [-0.1, -0.05) is 6.92 Å². The lowest BCUT2D eigenvalue weighted by atomic mass is 10.0. The zero-order valence-corrected chi connectivity index (χ0v) is 12.0. The lowest BCUT2D eigenvalue weighted by Crippen LogP contribution is -2.52. The number of hydrogen-bond acceptors (Lipinski definition) is 3. The fraction of sp³-hybridized carbons (Fsp3) is 0.857. The number of rotatable bonds is 7. The molecule has 0 aromatic carbocycles. The van der Waals surface area contributed by atoms with E-state index in [1.165, 1.54) is 0 Å². The Hall–Kier alpha value is -1.08. The van der Waals surface area contributed by atoms with Gasteiger partial charge in [0.1, 0.15) is 0 Å². The Labute approximate surface area is 110 Å². The predicted molar refractivity (Wildman–Crippen MR) is 71.9 cm³/mol. The fourth-order valence-corrected chi connectivity index (χ4v) is 1.95. The highest BCUT2D eigenvalue weighted by atomic mass is 16.2. The Kier molecular flexibility index (Phi) is 5.15. The van der Waals surface area contributed by atoms with Crippen molar-refractivity contribution in [3.05, 3.63) is 0 Å². The van der Waals surface area contributed by atoms with Crippen LogP contribution in [0.4, 0.5) is 0 Å². The molecule has 4 heteroatoms. The van der Waals surface area contributed by atoms with E-state index in [1.54, 1.807) is 0 Å². The molecule has 0 spiro atoms. The Bertz CT molecular complexity index is 328. The molecule has 0 aromatic heterocycles. The lowest BCUT2D eigenvalue weighted by Gasteiger charge is -2.32. The topological polar surface area (TPSA) is 56.1 Å². The lowest BCUT2D eigenvalue weighted by molar-refractivity contribution is -0.127. The van der Waals surface area contributed by atoms with Gasteiger partial charge in [-0.2, -0.15) is 5.26 Å². The summed E-state index contributed by atoms with van der Waals surface area (Å²) in [4.78, 5) is 14.4. The minimum Gasteiger partial charge on any atom is -0.350 e. The summed E-state index contributed by atoms with van der Waals surface area (Å²) < 4.78 is 0. The Balaban J connectivity index is 2.56. The van der Waals surface area contributed by atoms with Crippen LogP contribution in [0.25, 0.3) is 0 Å². The maximum Gasteiger partial charge on any atom is 0.237 e. The van der Waals surface area contributed by atoms with Crippen molar-refractivity contribution in [3.63, 3.8) is 0 Å². The molecule has 1 amide bonds. The molecule has 18 heavy (non-hydrogen) atoms. The molecule has 0 saturated heterocycles. The van der Waals surface area contributed by atoms with Gasteiger partial charge in [-0.15, -0.1) is 0 Å². The third-order valence-electron chi connectivity index (χ3n) is 3.72. The summed E-state index contributed by atoms with van der Waals surface area (Å²) in [5.41, 5.74) is -0.157. The molecule has 1 rings (SSSR count). The van der Waals surface area contributed by atoms with Gasteiger partial charge in [-0.05, 0) is 40.0 Å². The maximum absolute atomic E-state index is 12.2. The average Bonchev–Trinajstić information content (AvgIpc) is 3.13. The van der Waals surface area contributed by atoms with Crippen molar-refractivity contribution < 1.29 is 4.79 Å². The van der Waals surface area contributed by atoms with E-state index in [4.69, 9.17) is 5.26 Å². The predicted octanol–water partition coefficient (Wildman–Crippen LogP) is 2.06. The van der Waals surface area contributed by atoms with Gasteiger partial charge in [-0.25, -0.2) is 0 Å². The van der Waals surface area contributed by atoms with Crippen molar-refractivity contribution in [1.82, 2.24) is 10.2 Å². The molecule has 1 unspecified atom stereocenters. The second-order valence-electron chi connectivity index (χ2n) is 5.78. The van der Waals surface area contributed by atoms with E-state index in [2.05, 4.69) is 23.2 Å². The van der Waals surface area contributed by atoms with Crippen LogP contribution in [-0.2, 0) is 4.79 Å². The second kappa shape index (κ2) is 6.19. The first-order valence-corrected chi connectivity index (χ1v) is 6.86. The normalized spacial score (nSPS) is 17.3. The van der Waals surface area contributed by atoms with Crippen molar-refractivity contribution in [2.45, 2.75) is 71.0 Å². The molecular formula is C14H25N3O. The van der Waals surface area contributed by atoms with Gasteiger partial charge < -0.3 is 5.32 Å². The number of carbonyl (C=O) groups is 1. The molecule has 1 aliphatic rings. The van der Waals surface area contributed by atoms with Gasteiger partial charge in [0.25, 0.3) is 0 Å². The highest BCUT2D eigenvalue weighted by Crippen LogP contribution is 2.28. The smallest absolute Gasteiger partial charge is 0.237 e. The van der Waals surface area contributed by atoms with E-state index in [9.17, 15) is 4.79 Å². The molecule has 102 valence electrons. The molecule has 0 heterocycles. The van der Waals surface area contributed by atoms with E-state index in [0.717, 1.165) is 19.3 Å². The van der Waals surface area contributed by atoms with Gasteiger partial charge in [0.05, 0.1) is 12.1 Å². The van der Waals surface area contributed by atoms with E-state index >= 15 is 0 Å². The van der Waals surface area contributed by atoms with Crippen LogP contribution in [0, 0.1) is 11.3 Å². The molecular weight excluding hydrogens is 226 g/mol. The van der Waals surface area contributed by atoms with Crippen LogP contribution in [0.5, 0.6) is 0 Å². The third kappa shape index (κ3) is 4.30. The molecule has 1 saturated carbocycles. The summed E-state index contributed by atoms with van der Waals surface area (Å²) in [5, 5.41) is 11.8. The molecule has 0 aliphatic heterocycles. The van der Waals surface area contributed by atoms with E-state index < -0.39 is 0 Å². The van der Waals surface area contributed by atoms with Gasteiger partial charge in [-0.3, -0.25) is 9.69 Å². The highest BCUT2D eigenvalue weighted by molar-refractivity contribution is 5.82. The van der Waals surface area contributed by atoms with E-state index in [-0.39, 0.29) is 17.5 Å². The number of nitrogens with one attached hydrogen (secondary N) is 1. The minimum atomic E-state index is -0.157. The summed E-state index contributed by atoms with van der Waals surface area (Å²) in [6, 6.07) is 2.52. The quantitative estimate of drug-likeness (QED) is 0.753. The third-order valence-corrected chi connectivity index (χ3v) is 3.72. The Morgan fingerprint density at radius 2 is 2.17 bits per heavy atom. The molecule has 0 radical (unpaired) electrons. The number of amides is 1. The number of hydrogen-bond donors (Lipinski definition) is 1. The fourth-order valence-electron chi connectivity index (χ4n) is 1.95. The molecule has 4 nitrogen and oxygen atoms in total. The minimum absolute atomic E-state index is 0.0756. The SMILES string of the molecule is CCC(C)(C)NC(=O)C(C)N(CCC#N)C1CC1. The largest absolute Gasteiger partial charge is 0.350 e. The first kappa shape index (κ1) is 15.0. The van der Waals surface area contributed by atoms with Crippen molar-refractivity contribution in [2.75, 3.05) is 6.54 Å². The first-order valence-electron chi connectivity index (χ1n) is 6.86. The number of nitriles is 1. The number of carbonyl (C=O) groups excluding carboxylic acids is 1. The van der Waals surface area contributed by atoms with Crippen LogP contribution >= 0.6 is 0 Å². The first-order chi connectivity index (χ1) is 8.41. The van der Waals surface area contributed by atoms with Gasteiger partial charge >= 0.3 is 0 Å². The zero-order chi connectivity index (χ0) is 13.8. The number of nitrogens with zero attached hydrogens (tertiary/aromatic N) is 2. The van der Waals surface area contributed by atoms with Gasteiger partial charge in [0.2, 0.25) is 5.91 Å². The molecule has 1 fully saturated rings. The maximum atomic E-state index is 12.2. The van der Waals surface area contributed by atoms with Gasteiger partial charge in [0, 0.05) is 24.5 Å². The van der Waals surface area contributed by atoms with Crippen LogP contribution < -0.4 is 5.32 Å².